The number of ether oxygens (including phenoxy) is 2. The Hall–Kier alpha value is -3.91. The molecule has 10 nitrogen and oxygen atoms in total. The minimum absolute atomic E-state index is 0.0244. The highest BCUT2D eigenvalue weighted by Gasteiger charge is 2.20. The van der Waals surface area contributed by atoms with Gasteiger partial charge in [0, 0.05) is 18.7 Å². The van der Waals surface area contributed by atoms with Gasteiger partial charge in [0.15, 0.2) is 12.7 Å². The number of esters is 1. The van der Waals surface area contributed by atoms with E-state index in [2.05, 4.69) is 15.0 Å². The third-order valence-electron chi connectivity index (χ3n) is 5.03. The zero-order valence-electron chi connectivity index (χ0n) is 19.2. The van der Waals surface area contributed by atoms with E-state index in [1.54, 1.807) is 24.3 Å². The first-order valence-corrected chi connectivity index (χ1v) is 12.5. The molecule has 1 unspecified atom stereocenters. The largest absolute Gasteiger partial charge is 0.479 e. The molecular weight excluding hydrogens is 472 g/mol. The molecule has 35 heavy (non-hydrogen) atoms. The average molecular weight is 499 g/mol. The van der Waals surface area contributed by atoms with Crippen LogP contribution in [0.3, 0.4) is 0 Å². The summed E-state index contributed by atoms with van der Waals surface area (Å²) in [7, 11) is -3.86. The van der Waals surface area contributed by atoms with Crippen molar-refractivity contribution in [2.45, 2.75) is 43.6 Å². The molecule has 0 spiro atoms. The van der Waals surface area contributed by atoms with Crippen molar-refractivity contribution in [3.05, 3.63) is 54.1 Å². The van der Waals surface area contributed by atoms with Crippen LogP contribution in [0.25, 0.3) is 0 Å². The number of amides is 1. The third-order valence-corrected chi connectivity index (χ3v) is 6.41. The van der Waals surface area contributed by atoms with E-state index in [-0.39, 0.29) is 10.6 Å². The Morgan fingerprint density at radius 3 is 2.66 bits per heavy atom. The summed E-state index contributed by atoms with van der Waals surface area (Å²) >= 11 is 0. The Balaban J connectivity index is 1.52. The number of hydrogen-bond donors (Lipinski definition) is 2. The van der Waals surface area contributed by atoms with Gasteiger partial charge in [-0.1, -0.05) is 12.5 Å². The summed E-state index contributed by atoms with van der Waals surface area (Å²) in [6, 6.07) is 13.9. The van der Waals surface area contributed by atoms with Crippen molar-refractivity contribution in [2.75, 3.05) is 18.5 Å². The minimum atomic E-state index is -3.86. The molecule has 0 saturated heterocycles. The molecule has 0 aromatic heterocycles. The van der Waals surface area contributed by atoms with Crippen LogP contribution in [0.5, 0.6) is 5.75 Å². The number of nitrogens with one attached hydrogen (secondary N) is 2. The van der Waals surface area contributed by atoms with Gasteiger partial charge >= 0.3 is 5.97 Å². The van der Waals surface area contributed by atoms with Crippen LogP contribution in [0, 0.1) is 11.3 Å². The lowest BCUT2D eigenvalue weighted by Crippen LogP contribution is -2.31. The third kappa shape index (κ3) is 7.82. The smallest absolute Gasteiger partial charge is 0.347 e. The molecule has 0 radical (unpaired) electrons. The minimum Gasteiger partial charge on any atom is -0.479 e. The number of rotatable bonds is 8. The number of sulfonamides is 1. The molecular formula is C24H26N4O6S. The van der Waals surface area contributed by atoms with Crippen LogP contribution in [-0.2, 0) is 24.3 Å². The molecule has 0 saturated carbocycles. The van der Waals surface area contributed by atoms with E-state index in [0.717, 1.165) is 19.3 Å². The number of benzene rings is 2. The van der Waals surface area contributed by atoms with Crippen molar-refractivity contribution in [1.29, 1.82) is 5.26 Å². The van der Waals surface area contributed by atoms with Crippen LogP contribution in [0.2, 0.25) is 0 Å². The van der Waals surface area contributed by atoms with Gasteiger partial charge in [-0.3, -0.25) is 14.5 Å². The second-order valence-corrected chi connectivity index (χ2v) is 9.51. The van der Waals surface area contributed by atoms with Crippen LogP contribution in [-0.4, -0.2) is 45.4 Å². The molecule has 1 aliphatic rings. The number of nitriles is 1. The van der Waals surface area contributed by atoms with Crippen LogP contribution in [0.4, 0.5) is 5.69 Å². The van der Waals surface area contributed by atoms with Crippen molar-refractivity contribution in [2.24, 2.45) is 4.99 Å². The predicted octanol–water partition coefficient (Wildman–Crippen LogP) is 2.76. The maximum Gasteiger partial charge on any atom is 0.347 e. The highest BCUT2D eigenvalue weighted by Crippen LogP contribution is 2.17. The normalized spacial score (nSPS) is 14.5. The van der Waals surface area contributed by atoms with Crippen molar-refractivity contribution in [3.63, 3.8) is 0 Å². The first-order chi connectivity index (χ1) is 16.8. The van der Waals surface area contributed by atoms with Gasteiger partial charge in [0.2, 0.25) is 0 Å². The Kier molecular flexibility index (Phi) is 8.80. The number of nitrogens with zero attached hydrogens (tertiary/aromatic N) is 2. The highest BCUT2D eigenvalue weighted by atomic mass is 32.2. The lowest BCUT2D eigenvalue weighted by atomic mass is 10.2. The second kappa shape index (κ2) is 12.0. The fraction of sp³-hybridized carbons (Fsp3) is 0.333. The van der Waals surface area contributed by atoms with E-state index in [0.29, 0.717) is 30.1 Å². The summed E-state index contributed by atoms with van der Waals surface area (Å²) in [5.41, 5.74) is 0.689. The molecule has 1 amide bonds. The van der Waals surface area contributed by atoms with Gasteiger partial charge in [-0.05, 0) is 62.2 Å². The molecule has 0 bridgehead atoms. The van der Waals surface area contributed by atoms with Gasteiger partial charge < -0.3 is 14.8 Å². The molecule has 11 heteroatoms. The zero-order valence-corrected chi connectivity index (χ0v) is 20.0. The van der Waals surface area contributed by atoms with Crippen molar-refractivity contribution in [3.8, 4) is 11.8 Å². The molecule has 2 aromatic rings. The number of hydrogen-bond acceptors (Lipinski definition) is 8. The van der Waals surface area contributed by atoms with E-state index in [9.17, 15) is 18.0 Å². The van der Waals surface area contributed by atoms with Gasteiger partial charge in [-0.2, -0.15) is 5.26 Å². The number of carbonyl (C=O) groups is 2. The molecule has 1 aliphatic heterocycles. The van der Waals surface area contributed by atoms with Crippen molar-refractivity contribution < 1.29 is 27.5 Å². The average Bonchev–Trinajstić information content (AvgIpc) is 3.11. The second-order valence-electron chi connectivity index (χ2n) is 7.82. The van der Waals surface area contributed by atoms with Crippen LogP contribution < -0.4 is 14.8 Å². The number of anilines is 1. The van der Waals surface area contributed by atoms with Crippen LogP contribution in [0.1, 0.15) is 38.2 Å². The molecule has 2 N–H and O–H groups in total. The van der Waals surface area contributed by atoms with E-state index in [1.807, 2.05) is 6.07 Å². The zero-order chi connectivity index (χ0) is 25.3. The number of carbonyl (C=O) groups excluding carboxylic acids is 2. The monoisotopic (exact) mass is 498 g/mol. The Bertz CT molecular complexity index is 1240. The van der Waals surface area contributed by atoms with E-state index in [1.165, 1.54) is 31.2 Å². The summed E-state index contributed by atoms with van der Waals surface area (Å²) in [5.74, 6) is -0.589. The summed E-state index contributed by atoms with van der Waals surface area (Å²) in [6.07, 6.45) is 2.38. The van der Waals surface area contributed by atoms with Gasteiger partial charge in [0.1, 0.15) is 11.6 Å². The number of aliphatic imine (C=N–C) groups is 1. The lowest BCUT2D eigenvalue weighted by molar-refractivity contribution is -0.153. The Morgan fingerprint density at radius 2 is 1.91 bits per heavy atom. The molecule has 2 aromatic carbocycles. The SMILES string of the molecule is CC(Oc1ccc(C#N)cc1)C(=O)OCC(=O)Nc1cccc(S(=O)(=O)NC2=NCCCCC2)c1. The van der Waals surface area contributed by atoms with E-state index < -0.39 is 34.6 Å². The molecule has 1 heterocycles. The molecule has 184 valence electrons. The number of amidine groups is 1. The first-order valence-electron chi connectivity index (χ1n) is 11.1. The summed E-state index contributed by atoms with van der Waals surface area (Å²) < 4.78 is 38.4. The summed E-state index contributed by atoms with van der Waals surface area (Å²) in [5, 5.41) is 11.3. The quantitative estimate of drug-likeness (QED) is 0.532. The van der Waals surface area contributed by atoms with E-state index >= 15 is 0 Å². The highest BCUT2D eigenvalue weighted by molar-refractivity contribution is 7.90. The van der Waals surface area contributed by atoms with E-state index in [4.69, 9.17) is 14.7 Å². The topological polar surface area (TPSA) is 147 Å². The summed E-state index contributed by atoms with van der Waals surface area (Å²) in [6.45, 7) is 1.48. The van der Waals surface area contributed by atoms with Crippen LogP contribution >= 0.6 is 0 Å². The molecule has 3 rings (SSSR count). The standard InChI is InChI=1S/C24H26N4O6S/c1-17(34-20-11-9-18(15-25)10-12-20)24(30)33-16-23(29)27-19-6-5-7-21(14-19)35(31,32)28-22-8-3-2-4-13-26-22/h5-7,9-12,14,17H,2-4,8,13,16H2,1H3,(H,26,28)(H,27,29). The fourth-order valence-corrected chi connectivity index (χ4v) is 4.36. The van der Waals surface area contributed by atoms with Gasteiger partial charge in [-0.15, -0.1) is 0 Å². The van der Waals surface area contributed by atoms with Gasteiger partial charge in [-0.25, -0.2) is 13.2 Å². The molecule has 0 fully saturated rings. The summed E-state index contributed by atoms with van der Waals surface area (Å²) in [4.78, 5) is 28.6. The molecule has 0 aliphatic carbocycles. The van der Waals surface area contributed by atoms with Gasteiger partial charge in [0.05, 0.1) is 16.5 Å². The predicted molar refractivity (Wildman–Crippen MR) is 128 cm³/mol. The van der Waals surface area contributed by atoms with Crippen molar-refractivity contribution >= 4 is 33.4 Å². The maximum absolute atomic E-state index is 12.7. The Labute approximate surface area is 204 Å². The lowest BCUT2D eigenvalue weighted by Gasteiger charge is -2.14. The maximum atomic E-state index is 12.7. The molecule has 1 atom stereocenters. The van der Waals surface area contributed by atoms with Gasteiger partial charge in [0.25, 0.3) is 15.9 Å². The Morgan fingerprint density at radius 1 is 1.14 bits per heavy atom. The van der Waals surface area contributed by atoms with Crippen LogP contribution in [0.15, 0.2) is 58.4 Å². The van der Waals surface area contributed by atoms with Crippen molar-refractivity contribution in [1.82, 2.24) is 4.72 Å². The first kappa shape index (κ1) is 25.7. The fourth-order valence-electron chi connectivity index (χ4n) is 3.22.